The zero-order valence-corrected chi connectivity index (χ0v) is 20.3. The van der Waals surface area contributed by atoms with Crippen LogP contribution in [-0.4, -0.2) is 36.6 Å². The highest BCUT2D eigenvalue weighted by Crippen LogP contribution is 2.25. The second-order valence-electron chi connectivity index (χ2n) is 7.05. The number of thiazole rings is 1. The maximum Gasteiger partial charge on any atom is 0.197 e. The van der Waals surface area contributed by atoms with Crippen LogP contribution in [0.4, 0.5) is 10.9 Å². The lowest BCUT2D eigenvalue weighted by Gasteiger charge is -2.19. The van der Waals surface area contributed by atoms with Crippen molar-refractivity contribution < 1.29 is 0 Å². The Hall–Kier alpha value is -3.37. The molecule has 0 bridgehead atoms. The molecule has 0 saturated heterocycles. The summed E-state index contributed by atoms with van der Waals surface area (Å²) in [5.41, 5.74) is 3.68. The number of nitrogens with zero attached hydrogens (tertiary/aromatic N) is 4. The lowest BCUT2D eigenvalue weighted by atomic mass is 10.1. The van der Waals surface area contributed by atoms with Crippen molar-refractivity contribution in [2.45, 2.75) is 33.7 Å². The van der Waals surface area contributed by atoms with Gasteiger partial charge in [0.25, 0.3) is 0 Å². The van der Waals surface area contributed by atoms with Gasteiger partial charge in [-0.25, -0.2) is 9.97 Å². The van der Waals surface area contributed by atoms with E-state index in [1.807, 2.05) is 55.7 Å². The van der Waals surface area contributed by atoms with E-state index in [4.69, 9.17) is 11.4 Å². The maximum absolute atomic E-state index is 5.50. The van der Waals surface area contributed by atoms with Crippen molar-refractivity contribution in [1.29, 1.82) is 0 Å². The van der Waals surface area contributed by atoms with Gasteiger partial charge < -0.3 is 15.5 Å². The molecule has 0 aliphatic carbocycles. The molecule has 0 aliphatic rings. The molecule has 0 aliphatic heterocycles. The van der Waals surface area contributed by atoms with E-state index in [2.05, 4.69) is 51.3 Å². The Kier molecular flexibility index (Phi) is 10.2. The van der Waals surface area contributed by atoms with E-state index < -0.39 is 0 Å². The first-order valence-electron chi connectivity index (χ1n) is 10.7. The molecule has 2 N–H and O–H groups in total. The van der Waals surface area contributed by atoms with Gasteiger partial charge in [-0.05, 0) is 36.8 Å². The average molecular weight is 449 g/mol. The molecule has 32 heavy (non-hydrogen) atoms. The van der Waals surface area contributed by atoms with Crippen LogP contribution in [0.25, 0.3) is 11.4 Å². The highest BCUT2D eigenvalue weighted by molar-refractivity contribution is 7.14. The quantitative estimate of drug-likeness (QED) is 0.306. The molecule has 0 amide bonds. The summed E-state index contributed by atoms with van der Waals surface area (Å²) in [7, 11) is 3.75. The van der Waals surface area contributed by atoms with Gasteiger partial charge in [-0.3, -0.25) is 4.99 Å². The van der Waals surface area contributed by atoms with Crippen LogP contribution < -0.4 is 15.5 Å². The Morgan fingerprint density at radius 1 is 1.12 bits per heavy atom. The molecule has 0 saturated carbocycles. The lowest BCUT2D eigenvalue weighted by Crippen LogP contribution is -2.30. The number of hydrogen-bond donors (Lipinski definition) is 2. The van der Waals surface area contributed by atoms with Gasteiger partial charge in [-0.15, -0.1) is 17.8 Å². The van der Waals surface area contributed by atoms with Crippen molar-refractivity contribution in [2.24, 2.45) is 4.99 Å². The molecule has 2 aromatic heterocycles. The van der Waals surface area contributed by atoms with Crippen LogP contribution in [0.1, 0.15) is 38.3 Å². The minimum atomic E-state index is 0.698. The Labute approximate surface area is 195 Å². The molecule has 2 heterocycles. The van der Waals surface area contributed by atoms with Crippen LogP contribution in [0.15, 0.2) is 52.8 Å². The van der Waals surface area contributed by atoms with Gasteiger partial charge in [-0.2, -0.15) is 0 Å². The van der Waals surface area contributed by atoms with E-state index in [0.717, 1.165) is 46.6 Å². The van der Waals surface area contributed by atoms with Gasteiger partial charge in [-0.1, -0.05) is 44.4 Å². The first kappa shape index (κ1) is 24.9. The fraction of sp³-hybridized carbons (Fsp3) is 0.320. The van der Waals surface area contributed by atoms with Gasteiger partial charge in [0.2, 0.25) is 0 Å². The number of terminal acetylenes is 1. The van der Waals surface area contributed by atoms with Crippen molar-refractivity contribution in [2.75, 3.05) is 30.9 Å². The Morgan fingerprint density at radius 3 is 2.56 bits per heavy atom. The third-order valence-electron chi connectivity index (χ3n) is 4.20. The zero-order chi connectivity index (χ0) is 23.3. The fourth-order valence-electron chi connectivity index (χ4n) is 2.79. The summed E-state index contributed by atoms with van der Waals surface area (Å²) in [5, 5.41) is 9.11. The van der Waals surface area contributed by atoms with Crippen molar-refractivity contribution >= 4 is 28.2 Å². The van der Waals surface area contributed by atoms with E-state index in [1.54, 1.807) is 7.05 Å². The lowest BCUT2D eigenvalue weighted by molar-refractivity contribution is 0.898. The van der Waals surface area contributed by atoms with Crippen LogP contribution in [0.2, 0.25) is 0 Å². The topological polar surface area (TPSA) is 65.4 Å². The number of aromatic nitrogens is 2. The normalized spacial score (nSPS) is 10.6. The number of hydrogen-bond acceptors (Lipinski definition) is 5. The van der Waals surface area contributed by atoms with Gasteiger partial charge in [0.15, 0.2) is 11.1 Å². The Bertz CT molecular complexity index is 1050. The Morgan fingerprint density at radius 2 is 1.88 bits per heavy atom. The molecule has 3 aromatic rings. The van der Waals surface area contributed by atoms with E-state index in [-0.39, 0.29) is 0 Å². The fourth-order valence-corrected chi connectivity index (χ4v) is 3.49. The summed E-state index contributed by atoms with van der Waals surface area (Å²) < 4.78 is 0. The first-order valence-corrected chi connectivity index (χ1v) is 11.6. The number of benzene rings is 1. The highest BCUT2D eigenvalue weighted by Gasteiger charge is 2.10. The minimum absolute atomic E-state index is 0.698. The molecule has 168 valence electrons. The molecule has 0 fully saturated rings. The molecule has 6 nitrogen and oxygen atoms in total. The van der Waals surface area contributed by atoms with Gasteiger partial charge >= 0.3 is 0 Å². The van der Waals surface area contributed by atoms with Crippen LogP contribution in [0.5, 0.6) is 0 Å². The standard InChI is InChI=1S/C22H24N6S.C3H8/c1-5-16-9-7-10-17(13-16)14-28(4)20-12-8-11-18(25-20)19-15-29-22(26-19)27-21(23-3)24-6-2;1-3-2/h1,7-13,15H,6,14H2,2-4H3,(H2,23,24,26,27);3H2,1-2H3. The van der Waals surface area contributed by atoms with Crippen molar-refractivity contribution in [3.05, 3.63) is 59.0 Å². The molecule has 0 radical (unpaired) electrons. The number of rotatable bonds is 6. The number of anilines is 2. The molecule has 0 atom stereocenters. The minimum Gasteiger partial charge on any atom is -0.356 e. The summed E-state index contributed by atoms with van der Waals surface area (Å²) in [4.78, 5) is 15.7. The molecule has 0 spiro atoms. The summed E-state index contributed by atoms with van der Waals surface area (Å²) in [6, 6.07) is 14.0. The molecule has 7 heteroatoms. The first-order chi connectivity index (χ1) is 15.5. The smallest absolute Gasteiger partial charge is 0.197 e. The molecule has 1 aromatic carbocycles. The van der Waals surface area contributed by atoms with Crippen molar-refractivity contribution in [3.63, 3.8) is 0 Å². The predicted molar refractivity (Wildman–Crippen MR) is 138 cm³/mol. The van der Waals surface area contributed by atoms with E-state index >= 15 is 0 Å². The summed E-state index contributed by atoms with van der Waals surface area (Å²) in [6.45, 7) is 7.78. The van der Waals surface area contributed by atoms with Crippen LogP contribution in [0.3, 0.4) is 0 Å². The number of pyridine rings is 1. The largest absolute Gasteiger partial charge is 0.356 e. The zero-order valence-electron chi connectivity index (χ0n) is 19.5. The Balaban J connectivity index is 0.00000114. The third kappa shape index (κ3) is 7.40. The van der Waals surface area contributed by atoms with Crippen molar-refractivity contribution in [3.8, 4) is 23.7 Å². The molecule has 3 rings (SSSR count). The number of aliphatic imine (C=N–C) groups is 1. The van der Waals surface area contributed by atoms with Gasteiger partial charge in [0, 0.05) is 38.1 Å². The highest BCUT2D eigenvalue weighted by atomic mass is 32.1. The SMILES string of the molecule is C#Cc1cccc(CN(C)c2cccc(-c3csc(NC(=NC)NCC)n3)n2)c1.CCC. The monoisotopic (exact) mass is 448 g/mol. The summed E-state index contributed by atoms with van der Waals surface area (Å²) >= 11 is 1.52. The predicted octanol–water partition coefficient (Wildman–Crippen LogP) is 5.25. The van der Waals surface area contributed by atoms with Crippen LogP contribution >= 0.6 is 11.3 Å². The molecular weight excluding hydrogens is 416 g/mol. The molecule has 0 unspecified atom stereocenters. The van der Waals surface area contributed by atoms with Crippen LogP contribution in [-0.2, 0) is 6.54 Å². The average Bonchev–Trinajstić information content (AvgIpc) is 3.28. The van der Waals surface area contributed by atoms with Crippen molar-refractivity contribution in [1.82, 2.24) is 15.3 Å². The van der Waals surface area contributed by atoms with Crippen LogP contribution in [0, 0.1) is 12.3 Å². The maximum atomic E-state index is 5.50. The summed E-state index contributed by atoms with van der Waals surface area (Å²) in [6.07, 6.45) is 6.75. The van der Waals surface area contributed by atoms with Gasteiger partial charge in [0.1, 0.15) is 11.5 Å². The second-order valence-corrected chi connectivity index (χ2v) is 7.91. The van der Waals surface area contributed by atoms with E-state index in [1.165, 1.54) is 17.8 Å². The van der Waals surface area contributed by atoms with E-state index in [9.17, 15) is 0 Å². The number of nitrogens with one attached hydrogen (secondary N) is 2. The molecular formula is C25H32N6S. The second kappa shape index (κ2) is 13.1. The third-order valence-corrected chi connectivity index (χ3v) is 4.96. The van der Waals surface area contributed by atoms with Gasteiger partial charge in [0.05, 0.1) is 5.69 Å². The van der Waals surface area contributed by atoms with E-state index in [0.29, 0.717) is 5.96 Å². The summed E-state index contributed by atoms with van der Waals surface area (Å²) in [5.74, 6) is 4.25. The number of guanidine groups is 1.